The fourth-order valence-electron chi connectivity index (χ4n) is 0.810. The first-order valence-corrected chi connectivity index (χ1v) is 3.81. The summed E-state index contributed by atoms with van der Waals surface area (Å²) in [6, 6.07) is 3.27. The maximum atomic E-state index is 11.1. The number of nitrogens with zero attached hydrogens (tertiary/aromatic N) is 2. The minimum atomic E-state index is -0.524. The topological polar surface area (TPSA) is 63.0 Å². The Hall–Kier alpha value is -1.54. The first-order valence-electron chi connectivity index (χ1n) is 3.37. The number of rotatable bonds is 1. The summed E-state index contributed by atoms with van der Waals surface area (Å²) < 4.78 is 4.49. The summed E-state index contributed by atoms with van der Waals surface area (Å²) in [5, 5.41) is 8.58. The van der Waals surface area contributed by atoms with Gasteiger partial charge in [0.25, 0.3) is 0 Å². The predicted molar refractivity (Wildman–Crippen MR) is 47.5 cm³/mol. The van der Waals surface area contributed by atoms with Gasteiger partial charge in [-0.1, -0.05) is 0 Å². The summed E-state index contributed by atoms with van der Waals surface area (Å²) in [7, 11) is 1.27. The lowest BCUT2D eigenvalue weighted by Gasteiger charge is -2.02. The first kappa shape index (κ1) is 9.55. The molecule has 0 aromatic carbocycles. The maximum Gasteiger partial charge on any atom is 0.339 e. The van der Waals surface area contributed by atoms with Crippen molar-refractivity contribution in [2.24, 2.45) is 0 Å². The summed E-state index contributed by atoms with van der Waals surface area (Å²) in [6.45, 7) is 0. The fraction of sp³-hybridized carbons (Fsp3) is 0.125. The van der Waals surface area contributed by atoms with E-state index in [-0.39, 0.29) is 16.2 Å². The quantitative estimate of drug-likeness (QED) is 0.535. The van der Waals surface area contributed by atoms with Crippen LogP contribution in [0.4, 0.5) is 0 Å². The second-order valence-electron chi connectivity index (χ2n) is 2.16. The minimum absolute atomic E-state index is 0.117. The van der Waals surface area contributed by atoms with Crippen molar-refractivity contribution in [1.82, 2.24) is 4.98 Å². The van der Waals surface area contributed by atoms with Crippen molar-refractivity contribution in [3.05, 3.63) is 23.5 Å². The molecule has 0 bridgehead atoms. The lowest BCUT2D eigenvalue weighted by atomic mass is 10.2. The van der Waals surface area contributed by atoms with Crippen LogP contribution in [0.5, 0.6) is 0 Å². The van der Waals surface area contributed by atoms with E-state index in [1.54, 1.807) is 0 Å². The number of hydrogen-bond donors (Lipinski definition) is 1. The van der Waals surface area contributed by atoms with E-state index in [1.807, 2.05) is 6.07 Å². The molecule has 4 nitrogen and oxygen atoms in total. The van der Waals surface area contributed by atoms with Gasteiger partial charge < -0.3 is 4.74 Å². The van der Waals surface area contributed by atoms with Crippen LogP contribution in [0.3, 0.4) is 0 Å². The van der Waals surface area contributed by atoms with E-state index in [9.17, 15) is 4.79 Å². The average Bonchev–Trinajstić information content (AvgIpc) is 2.17. The molecule has 0 amide bonds. The number of hydrogen-bond acceptors (Lipinski definition) is 5. The number of thiol groups is 1. The van der Waals surface area contributed by atoms with Gasteiger partial charge in [-0.05, 0) is 6.07 Å². The highest BCUT2D eigenvalue weighted by Gasteiger charge is 2.12. The molecule has 1 rings (SSSR count). The van der Waals surface area contributed by atoms with E-state index in [0.29, 0.717) is 0 Å². The number of nitriles is 1. The molecule has 0 unspecified atom stereocenters. The van der Waals surface area contributed by atoms with Crippen molar-refractivity contribution in [2.75, 3.05) is 7.11 Å². The molecule has 1 heterocycles. The predicted octanol–water partition coefficient (Wildman–Crippen LogP) is 1.03. The molecule has 0 N–H and O–H groups in total. The van der Waals surface area contributed by atoms with Crippen LogP contribution >= 0.6 is 12.6 Å². The van der Waals surface area contributed by atoms with Gasteiger partial charge in [-0.2, -0.15) is 5.26 Å². The van der Waals surface area contributed by atoms with Crippen molar-refractivity contribution >= 4 is 18.6 Å². The molecular formula is C8H6N2O2S. The number of aromatic nitrogens is 1. The Morgan fingerprint density at radius 2 is 2.46 bits per heavy atom. The van der Waals surface area contributed by atoms with Crippen LogP contribution in [-0.4, -0.2) is 18.1 Å². The van der Waals surface area contributed by atoms with Crippen molar-refractivity contribution in [1.29, 1.82) is 5.26 Å². The van der Waals surface area contributed by atoms with Crippen LogP contribution < -0.4 is 0 Å². The molecule has 0 radical (unpaired) electrons. The monoisotopic (exact) mass is 194 g/mol. The number of pyridine rings is 1. The zero-order valence-corrected chi connectivity index (χ0v) is 7.71. The van der Waals surface area contributed by atoms with Crippen molar-refractivity contribution in [3.8, 4) is 6.07 Å². The van der Waals surface area contributed by atoms with Gasteiger partial charge in [0, 0.05) is 6.20 Å². The van der Waals surface area contributed by atoms with E-state index in [4.69, 9.17) is 5.26 Å². The highest BCUT2D eigenvalue weighted by atomic mass is 32.1. The first-order chi connectivity index (χ1) is 6.20. The zero-order valence-electron chi connectivity index (χ0n) is 6.81. The van der Waals surface area contributed by atoms with Gasteiger partial charge in [-0.25, -0.2) is 9.78 Å². The standard InChI is InChI=1S/C8H6N2O2S/c1-12-8(11)5-2-3-10-6(4-9)7(5)13/h2-3,13H,1H3. The second-order valence-corrected chi connectivity index (χ2v) is 2.61. The number of esters is 1. The number of methoxy groups -OCH3 is 1. The number of carbonyl (C=O) groups is 1. The summed E-state index contributed by atoms with van der Waals surface area (Å²) in [5.74, 6) is -0.524. The summed E-state index contributed by atoms with van der Waals surface area (Å²) in [5.41, 5.74) is 0.364. The molecule has 66 valence electrons. The zero-order chi connectivity index (χ0) is 9.84. The molecule has 0 fully saturated rings. The van der Waals surface area contributed by atoms with Crippen molar-refractivity contribution in [3.63, 3.8) is 0 Å². The van der Waals surface area contributed by atoms with Crippen LogP contribution in [0.15, 0.2) is 17.2 Å². The van der Waals surface area contributed by atoms with Crippen LogP contribution in [-0.2, 0) is 4.74 Å². The summed E-state index contributed by atoms with van der Waals surface area (Å²) in [6.07, 6.45) is 1.37. The van der Waals surface area contributed by atoms with Gasteiger partial charge in [-0.15, -0.1) is 12.6 Å². The van der Waals surface area contributed by atoms with Crippen LogP contribution in [0, 0.1) is 11.3 Å². The SMILES string of the molecule is COC(=O)c1ccnc(C#N)c1S. The number of ether oxygens (including phenoxy) is 1. The largest absolute Gasteiger partial charge is 0.465 e. The van der Waals surface area contributed by atoms with Gasteiger partial charge in [-0.3, -0.25) is 0 Å². The molecule has 0 aliphatic heterocycles. The molecule has 0 spiro atoms. The lowest BCUT2D eigenvalue weighted by molar-refractivity contribution is 0.0596. The van der Waals surface area contributed by atoms with Crippen LogP contribution in [0.2, 0.25) is 0 Å². The van der Waals surface area contributed by atoms with E-state index >= 15 is 0 Å². The van der Waals surface area contributed by atoms with Gasteiger partial charge in [0.05, 0.1) is 17.6 Å². The van der Waals surface area contributed by atoms with Crippen LogP contribution in [0.1, 0.15) is 16.1 Å². The van der Waals surface area contributed by atoms with Crippen LogP contribution in [0.25, 0.3) is 0 Å². The highest BCUT2D eigenvalue weighted by Crippen LogP contribution is 2.16. The molecule has 13 heavy (non-hydrogen) atoms. The fourth-order valence-corrected chi connectivity index (χ4v) is 1.08. The highest BCUT2D eigenvalue weighted by molar-refractivity contribution is 7.80. The lowest BCUT2D eigenvalue weighted by Crippen LogP contribution is -2.04. The third-order valence-electron chi connectivity index (χ3n) is 1.44. The maximum absolute atomic E-state index is 11.1. The average molecular weight is 194 g/mol. The molecule has 0 atom stereocenters. The third kappa shape index (κ3) is 1.79. The summed E-state index contributed by atoms with van der Waals surface area (Å²) in [4.78, 5) is 15.1. The molecule has 1 aromatic rings. The van der Waals surface area contributed by atoms with E-state index in [2.05, 4.69) is 22.3 Å². The molecule has 0 saturated carbocycles. The van der Waals surface area contributed by atoms with Gasteiger partial charge in [0.15, 0.2) is 5.69 Å². The normalized spacial score (nSPS) is 9.00. The van der Waals surface area contributed by atoms with Crippen molar-refractivity contribution < 1.29 is 9.53 Å². The Morgan fingerprint density at radius 3 is 3.00 bits per heavy atom. The second kappa shape index (κ2) is 3.92. The van der Waals surface area contributed by atoms with Gasteiger partial charge >= 0.3 is 5.97 Å². The Balaban J connectivity index is 3.25. The van der Waals surface area contributed by atoms with E-state index in [0.717, 1.165) is 0 Å². The van der Waals surface area contributed by atoms with E-state index < -0.39 is 5.97 Å². The molecule has 0 saturated heterocycles. The van der Waals surface area contributed by atoms with Gasteiger partial charge in [0.1, 0.15) is 6.07 Å². The Bertz CT molecular complexity index is 384. The van der Waals surface area contributed by atoms with E-state index in [1.165, 1.54) is 19.4 Å². The molecular weight excluding hydrogens is 188 g/mol. The number of carbonyl (C=O) groups excluding carboxylic acids is 1. The smallest absolute Gasteiger partial charge is 0.339 e. The molecule has 1 aromatic heterocycles. The van der Waals surface area contributed by atoms with Crippen molar-refractivity contribution in [2.45, 2.75) is 4.90 Å². The molecule has 5 heteroatoms. The van der Waals surface area contributed by atoms with Gasteiger partial charge in [0.2, 0.25) is 0 Å². The minimum Gasteiger partial charge on any atom is -0.465 e. The third-order valence-corrected chi connectivity index (χ3v) is 1.89. The molecule has 0 aliphatic rings. The Morgan fingerprint density at radius 1 is 1.77 bits per heavy atom. The summed E-state index contributed by atoms with van der Waals surface area (Å²) >= 11 is 4.00. The molecule has 0 aliphatic carbocycles. The Kier molecular flexibility index (Phi) is 2.88. The Labute approximate surface area is 80.6 Å².